The minimum absolute atomic E-state index is 0.349. The Morgan fingerprint density at radius 1 is 1.27 bits per heavy atom. The van der Waals surface area contributed by atoms with Gasteiger partial charge in [-0.3, -0.25) is 9.69 Å². The van der Waals surface area contributed by atoms with Crippen LogP contribution in [0.5, 0.6) is 0 Å². The zero-order valence-electron chi connectivity index (χ0n) is 8.97. The lowest BCUT2D eigenvalue weighted by Crippen LogP contribution is -2.53. The monoisotopic (exact) mass is 216 g/mol. The molecule has 0 bridgehead atoms. The predicted molar refractivity (Wildman–Crippen MR) is 52.6 cm³/mol. The molecule has 1 amide bonds. The van der Waals surface area contributed by atoms with Gasteiger partial charge in [-0.25, -0.2) is 4.79 Å². The van der Waals surface area contributed by atoms with Gasteiger partial charge in [0.2, 0.25) is 0 Å². The molecule has 1 unspecified atom stereocenters. The first-order valence-electron chi connectivity index (χ1n) is 4.86. The van der Waals surface area contributed by atoms with E-state index in [9.17, 15) is 9.59 Å². The summed E-state index contributed by atoms with van der Waals surface area (Å²) in [4.78, 5) is 25.3. The highest BCUT2D eigenvalue weighted by Gasteiger charge is 2.27. The number of carbonyl (C=O) groups is 2. The predicted octanol–water partition coefficient (Wildman–Crippen LogP) is -0.156. The minimum Gasteiger partial charge on any atom is -0.480 e. The summed E-state index contributed by atoms with van der Waals surface area (Å²) < 4.78 is 4.59. The highest BCUT2D eigenvalue weighted by molar-refractivity contribution is 5.73. The molecule has 15 heavy (non-hydrogen) atoms. The number of aliphatic carboxylic acids is 1. The van der Waals surface area contributed by atoms with Crippen LogP contribution in [0.2, 0.25) is 0 Å². The van der Waals surface area contributed by atoms with Gasteiger partial charge in [0.25, 0.3) is 0 Å². The topological polar surface area (TPSA) is 70.1 Å². The highest BCUT2D eigenvalue weighted by Crippen LogP contribution is 2.07. The Morgan fingerprint density at radius 2 is 1.80 bits per heavy atom. The van der Waals surface area contributed by atoms with Crippen LogP contribution >= 0.6 is 0 Å². The van der Waals surface area contributed by atoms with Gasteiger partial charge in [-0.1, -0.05) is 0 Å². The third-order valence-electron chi connectivity index (χ3n) is 2.65. The lowest BCUT2D eigenvalue weighted by atomic mass is 10.2. The molecule has 6 nitrogen and oxygen atoms in total. The van der Waals surface area contributed by atoms with Gasteiger partial charge < -0.3 is 14.7 Å². The van der Waals surface area contributed by atoms with Gasteiger partial charge >= 0.3 is 12.1 Å². The molecule has 0 spiro atoms. The van der Waals surface area contributed by atoms with Crippen LogP contribution in [-0.2, 0) is 9.53 Å². The van der Waals surface area contributed by atoms with E-state index in [2.05, 4.69) is 4.74 Å². The number of hydrogen-bond donors (Lipinski definition) is 1. The molecular weight excluding hydrogens is 200 g/mol. The van der Waals surface area contributed by atoms with E-state index >= 15 is 0 Å². The molecule has 1 fully saturated rings. The van der Waals surface area contributed by atoms with E-state index in [-0.39, 0.29) is 6.09 Å². The number of carboxylic acids is 1. The Balaban J connectivity index is 2.42. The maximum atomic E-state index is 11.1. The van der Waals surface area contributed by atoms with Crippen LogP contribution in [0.4, 0.5) is 4.79 Å². The van der Waals surface area contributed by atoms with Crippen molar-refractivity contribution in [2.24, 2.45) is 0 Å². The van der Waals surface area contributed by atoms with Crippen LogP contribution < -0.4 is 0 Å². The molecule has 0 aromatic carbocycles. The summed E-state index contributed by atoms with van der Waals surface area (Å²) in [6.45, 7) is 3.83. The van der Waals surface area contributed by atoms with E-state index in [1.54, 1.807) is 11.8 Å². The SMILES string of the molecule is COC(=O)N1CCN(C(C)C(=O)O)CC1. The summed E-state index contributed by atoms with van der Waals surface area (Å²) in [5, 5.41) is 8.81. The molecule has 0 saturated carbocycles. The van der Waals surface area contributed by atoms with Crippen LogP contribution in [0.15, 0.2) is 0 Å². The number of hydrogen-bond acceptors (Lipinski definition) is 4. The lowest BCUT2D eigenvalue weighted by Gasteiger charge is -2.35. The Kier molecular flexibility index (Phi) is 3.90. The molecule has 0 aromatic rings. The fraction of sp³-hybridized carbons (Fsp3) is 0.778. The highest BCUT2D eigenvalue weighted by atomic mass is 16.5. The van der Waals surface area contributed by atoms with Crippen LogP contribution in [-0.4, -0.2) is 66.3 Å². The maximum absolute atomic E-state index is 11.1. The fourth-order valence-corrected chi connectivity index (χ4v) is 1.58. The first-order chi connectivity index (χ1) is 7.06. The van der Waals surface area contributed by atoms with Gasteiger partial charge in [0.1, 0.15) is 6.04 Å². The molecule has 6 heteroatoms. The molecular formula is C9H16N2O4. The Bertz CT molecular complexity index is 248. The summed E-state index contributed by atoms with van der Waals surface area (Å²) in [7, 11) is 1.34. The van der Waals surface area contributed by atoms with Crippen molar-refractivity contribution in [3.63, 3.8) is 0 Å². The number of rotatable bonds is 2. The van der Waals surface area contributed by atoms with Crippen molar-refractivity contribution < 1.29 is 19.4 Å². The molecule has 0 aromatic heterocycles. The van der Waals surface area contributed by atoms with Crippen LogP contribution in [0, 0.1) is 0 Å². The maximum Gasteiger partial charge on any atom is 0.409 e. The smallest absolute Gasteiger partial charge is 0.409 e. The van der Waals surface area contributed by atoms with Crippen LogP contribution in [0.3, 0.4) is 0 Å². The second-order valence-electron chi connectivity index (χ2n) is 3.51. The quantitative estimate of drug-likeness (QED) is 0.694. The molecule has 1 saturated heterocycles. The number of piperazine rings is 1. The molecule has 0 aliphatic carbocycles. The van der Waals surface area contributed by atoms with Crippen molar-refractivity contribution in [2.75, 3.05) is 33.3 Å². The van der Waals surface area contributed by atoms with Crippen molar-refractivity contribution in [1.29, 1.82) is 0 Å². The number of carbonyl (C=O) groups excluding carboxylic acids is 1. The lowest BCUT2D eigenvalue weighted by molar-refractivity contribution is -0.143. The zero-order valence-corrected chi connectivity index (χ0v) is 8.97. The van der Waals surface area contributed by atoms with Gasteiger partial charge in [0, 0.05) is 26.2 Å². The molecule has 1 atom stereocenters. The Hall–Kier alpha value is -1.30. The fourth-order valence-electron chi connectivity index (χ4n) is 1.58. The van der Waals surface area contributed by atoms with Crippen molar-refractivity contribution in [3.05, 3.63) is 0 Å². The van der Waals surface area contributed by atoms with Gasteiger partial charge in [0.15, 0.2) is 0 Å². The van der Waals surface area contributed by atoms with E-state index in [1.807, 2.05) is 4.90 Å². The zero-order chi connectivity index (χ0) is 11.4. The van der Waals surface area contributed by atoms with E-state index in [0.717, 1.165) is 0 Å². The Morgan fingerprint density at radius 3 is 2.20 bits per heavy atom. The third-order valence-corrected chi connectivity index (χ3v) is 2.65. The van der Waals surface area contributed by atoms with Gasteiger partial charge in [-0.15, -0.1) is 0 Å². The number of methoxy groups -OCH3 is 1. The van der Waals surface area contributed by atoms with E-state index in [0.29, 0.717) is 26.2 Å². The summed E-state index contributed by atoms with van der Waals surface area (Å²) in [6.07, 6.45) is -0.349. The van der Waals surface area contributed by atoms with E-state index in [4.69, 9.17) is 5.11 Å². The van der Waals surface area contributed by atoms with Crippen molar-refractivity contribution in [1.82, 2.24) is 9.80 Å². The second kappa shape index (κ2) is 4.97. The van der Waals surface area contributed by atoms with Crippen LogP contribution in [0.25, 0.3) is 0 Å². The van der Waals surface area contributed by atoms with Gasteiger partial charge in [0.05, 0.1) is 7.11 Å². The molecule has 1 rings (SSSR count). The average molecular weight is 216 g/mol. The van der Waals surface area contributed by atoms with Crippen molar-refractivity contribution in [2.45, 2.75) is 13.0 Å². The van der Waals surface area contributed by atoms with Crippen LogP contribution in [0.1, 0.15) is 6.92 Å². The standard InChI is InChI=1S/C9H16N2O4/c1-7(8(12)13)10-3-5-11(6-4-10)9(14)15-2/h7H,3-6H2,1-2H3,(H,12,13). The first kappa shape index (κ1) is 11.8. The molecule has 1 N–H and O–H groups in total. The summed E-state index contributed by atoms with van der Waals surface area (Å²) >= 11 is 0. The number of carboxylic acid groups (broad SMARTS) is 1. The first-order valence-corrected chi connectivity index (χ1v) is 4.86. The van der Waals surface area contributed by atoms with E-state index < -0.39 is 12.0 Å². The molecule has 86 valence electrons. The number of nitrogens with zero attached hydrogens (tertiary/aromatic N) is 2. The summed E-state index contributed by atoms with van der Waals surface area (Å²) in [5.74, 6) is -0.832. The molecule has 1 aliphatic rings. The number of amides is 1. The van der Waals surface area contributed by atoms with Crippen molar-refractivity contribution in [3.8, 4) is 0 Å². The van der Waals surface area contributed by atoms with E-state index in [1.165, 1.54) is 7.11 Å². The normalized spacial score (nSPS) is 19.7. The number of ether oxygens (including phenoxy) is 1. The molecule has 0 radical (unpaired) electrons. The van der Waals surface area contributed by atoms with Gasteiger partial charge in [-0.05, 0) is 6.92 Å². The largest absolute Gasteiger partial charge is 0.480 e. The minimum atomic E-state index is -0.832. The second-order valence-corrected chi connectivity index (χ2v) is 3.51. The third kappa shape index (κ3) is 2.82. The summed E-state index contributed by atoms with van der Waals surface area (Å²) in [5.41, 5.74) is 0. The Labute approximate surface area is 88.4 Å². The average Bonchev–Trinajstić information content (AvgIpc) is 2.27. The van der Waals surface area contributed by atoms with Gasteiger partial charge in [-0.2, -0.15) is 0 Å². The molecule has 1 aliphatic heterocycles. The molecule has 1 heterocycles. The summed E-state index contributed by atoms with van der Waals surface area (Å²) in [6, 6.07) is -0.496. The van der Waals surface area contributed by atoms with Crippen molar-refractivity contribution >= 4 is 12.1 Å².